The summed E-state index contributed by atoms with van der Waals surface area (Å²) in [4.78, 5) is 19.0. The third-order valence-electron chi connectivity index (χ3n) is 5.40. The molecule has 31 heavy (non-hydrogen) atoms. The lowest BCUT2D eigenvalue weighted by molar-refractivity contribution is 0.100. The predicted octanol–water partition coefficient (Wildman–Crippen LogP) is 2.38. The topological polar surface area (TPSA) is 94.5 Å². The van der Waals surface area contributed by atoms with Crippen LogP contribution in [0.4, 0.5) is 5.69 Å². The summed E-state index contributed by atoms with van der Waals surface area (Å²) in [5.41, 5.74) is 1.16. The molecule has 8 nitrogen and oxygen atoms in total. The van der Waals surface area contributed by atoms with Gasteiger partial charge in [0.25, 0.3) is 5.91 Å². The molecule has 0 aliphatic carbocycles. The highest BCUT2D eigenvalue weighted by Crippen LogP contribution is 2.43. The zero-order valence-corrected chi connectivity index (χ0v) is 18.3. The van der Waals surface area contributed by atoms with Crippen molar-refractivity contribution in [3.05, 3.63) is 48.0 Å². The molecule has 0 spiro atoms. The summed E-state index contributed by atoms with van der Waals surface area (Å²) in [5, 5.41) is 0.308. The molecule has 0 radical (unpaired) electrons. The van der Waals surface area contributed by atoms with E-state index in [1.807, 2.05) is 17.0 Å². The summed E-state index contributed by atoms with van der Waals surface area (Å²) in [7, 11) is -1.59. The number of sulfone groups is 1. The molecule has 10 heteroatoms. The lowest BCUT2D eigenvalue weighted by Crippen LogP contribution is -2.37. The smallest absolute Gasteiger partial charge is 0.279 e. The SMILES string of the molecule is COc1ccc(C(=O)N=C2S[C@@H]3CS(=O)(=O)C[C@H]3N2c2ccc3c(c2)OCCO3)cc1. The third-order valence-corrected chi connectivity index (χ3v) is 8.61. The number of amides is 1. The molecule has 3 heterocycles. The van der Waals surface area contributed by atoms with Gasteiger partial charge in [0, 0.05) is 22.6 Å². The van der Waals surface area contributed by atoms with Crippen LogP contribution in [0.5, 0.6) is 17.2 Å². The van der Waals surface area contributed by atoms with Crippen LogP contribution in [-0.4, -0.2) is 62.6 Å². The molecule has 1 amide bonds. The van der Waals surface area contributed by atoms with E-state index in [0.717, 1.165) is 5.69 Å². The van der Waals surface area contributed by atoms with Gasteiger partial charge in [-0.3, -0.25) is 4.79 Å². The van der Waals surface area contributed by atoms with E-state index < -0.39 is 15.7 Å². The Kier molecular flexibility index (Phi) is 5.05. The molecule has 2 aromatic carbocycles. The van der Waals surface area contributed by atoms with Gasteiger partial charge in [-0.05, 0) is 36.4 Å². The van der Waals surface area contributed by atoms with Crippen molar-refractivity contribution in [3.8, 4) is 17.2 Å². The van der Waals surface area contributed by atoms with E-state index in [2.05, 4.69) is 4.99 Å². The summed E-state index contributed by atoms with van der Waals surface area (Å²) < 4.78 is 40.9. The molecule has 5 rings (SSSR count). The van der Waals surface area contributed by atoms with Gasteiger partial charge in [0.15, 0.2) is 26.5 Å². The Bertz CT molecular complexity index is 1160. The maximum absolute atomic E-state index is 12.8. The largest absolute Gasteiger partial charge is 0.497 e. The average Bonchev–Trinajstić information content (AvgIpc) is 3.24. The van der Waals surface area contributed by atoms with Gasteiger partial charge >= 0.3 is 0 Å². The molecule has 0 saturated carbocycles. The van der Waals surface area contributed by atoms with Gasteiger partial charge in [-0.25, -0.2) is 8.42 Å². The number of benzene rings is 2. The normalized spacial score (nSPS) is 24.8. The summed E-state index contributed by atoms with van der Waals surface area (Å²) in [6.07, 6.45) is 0. The van der Waals surface area contributed by atoms with Crippen LogP contribution in [0.2, 0.25) is 0 Å². The van der Waals surface area contributed by atoms with Crippen molar-refractivity contribution in [3.63, 3.8) is 0 Å². The van der Waals surface area contributed by atoms with Gasteiger partial charge in [-0.2, -0.15) is 4.99 Å². The summed E-state index contributed by atoms with van der Waals surface area (Å²) in [6, 6.07) is 11.9. The van der Waals surface area contributed by atoms with Gasteiger partial charge in [0.2, 0.25) is 0 Å². The number of nitrogens with zero attached hydrogens (tertiary/aromatic N) is 2. The first-order valence-electron chi connectivity index (χ1n) is 9.76. The molecule has 0 aromatic heterocycles. The maximum Gasteiger partial charge on any atom is 0.279 e. The van der Waals surface area contributed by atoms with Gasteiger partial charge in [-0.1, -0.05) is 11.8 Å². The standard InChI is InChI=1S/C21H20N2O6S2/c1-27-15-5-2-13(3-6-15)20(24)22-21-23(16-11-31(25,26)12-19(16)30-21)14-4-7-17-18(10-14)29-9-8-28-17/h2-7,10,16,19H,8-9,11-12H2,1H3/t16-,19-/m1/s1. The predicted molar refractivity (Wildman–Crippen MR) is 118 cm³/mol. The van der Waals surface area contributed by atoms with E-state index in [0.29, 0.717) is 41.2 Å². The van der Waals surface area contributed by atoms with Crippen molar-refractivity contribution >= 4 is 38.4 Å². The summed E-state index contributed by atoms with van der Waals surface area (Å²) in [5.74, 6) is 1.59. The molecule has 0 bridgehead atoms. The molecule has 0 unspecified atom stereocenters. The molecular weight excluding hydrogens is 440 g/mol. The van der Waals surface area contributed by atoms with Crippen LogP contribution in [0.3, 0.4) is 0 Å². The van der Waals surface area contributed by atoms with E-state index in [-0.39, 0.29) is 22.8 Å². The Morgan fingerprint density at radius 3 is 2.58 bits per heavy atom. The Morgan fingerprint density at radius 1 is 1.10 bits per heavy atom. The molecule has 2 atom stereocenters. The Morgan fingerprint density at radius 2 is 1.84 bits per heavy atom. The van der Waals surface area contributed by atoms with Crippen LogP contribution in [0.1, 0.15) is 10.4 Å². The second-order valence-corrected chi connectivity index (χ2v) is 10.8. The number of fused-ring (bicyclic) bond motifs is 2. The highest BCUT2D eigenvalue weighted by molar-refractivity contribution is 8.16. The average molecular weight is 461 g/mol. The monoisotopic (exact) mass is 460 g/mol. The van der Waals surface area contributed by atoms with Crippen molar-refractivity contribution in [2.24, 2.45) is 4.99 Å². The quantitative estimate of drug-likeness (QED) is 0.689. The van der Waals surface area contributed by atoms with E-state index >= 15 is 0 Å². The summed E-state index contributed by atoms with van der Waals surface area (Å²) in [6.45, 7) is 0.931. The van der Waals surface area contributed by atoms with Crippen LogP contribution >= 0.6 is 11.8 Å². The molecule has 2 aromatic rings. The molecular formula is C21H20N2O6S2. The number of methoxy groups -OCH3 is 1. The Balaban J connectivity index is 1.51. The van der Waals surface area contributed by atoms with Gasteiger partial charge in [0.05, 0.1) is 24.7 Å². The number of ether oxygens (including phenoxy) is 3. The number of rotatable bonds is 3. The molecule has 3 aliphatic heterocycles. The lowest BCUT2D eigenvalue weighted by Gasteiger charge is -2.26. The number of thioether (sulfide) groups is 1. The molecule has 0 N–H and O–H groups in total. The minimum Gasteiger partial charge on any atom is -0.497 e. The molecule has 2 fully saturated rings. The molecule has 2 saturated heterocycles. The van der Waals surface area contributed by atoms with E-state index in [9.17, 15) is 13.2 Å². The first-order chi connectivity index (χ1) is 14.9. The third kappa shape index (κ3) is 3.85. The second kappa shape index (κ2) is 7.76. The van der Waals surface area contributed by atoms with Crippen LogP contribution in [0.25, 0.3) is 0 Å². The molecule has 162 valence electrons. The fraction of sp³-hybridized carbons (Fsp3) is 0.333. The minimum absolute atomic E-state index is 0.0227. The zero-order chi connectivity index (χ0) is 21.6. The fourth-order valence-corrected chi connectivity index (χ4v) is 7.85. The lowest BCUT2D eigenvalue weighted by atomic mass is 10.2. The number of hydrogen-bond donors (Lipinski definition) is 0. The number of carbonyl (C=O) groups is 1. The maximum atomic E-state index is 12.8. The van der Waals surface area contributed by atoms with Crippen LogP contribution < -0.4 is 19.1 Å². The number of hydrogen-bond acceptors (Lipinski definition) is 7. The van der Waals surface area contributed by atoms with Gasteiger partial charge in [0.1, 0.15) is 19.0 Å². The number of aliphatic imine (C=N–C) groups is 1. The first-order valence-corrected chi connectivity index (χ1v) is 12.5. The summed E-state index contributed by atoms with van der Waals surface area (Å²) >= 11 is 1.33. The number of amidine groups is 1. The highest BCUT2D eigenvalue weighted by Gasteiger charge is 2.49. The van der Waals surface area contributed by atoms with E-state index in [1.165, 1.54) is 11.8 Å². The Labute approximate surface area is 184 Å². The van der Waals surface area contributed by atoms with Gasteiger partial charge in [-0.15, -0.1) is 0 Å². The van der Waals surface area contributed by atoms with Crippen molar-refractivity contribution < 1.29 is 27.4 Å². The zero-order valence-electron chi connectivity index (χ0n) is 16.7. The van der Waals surface area contributed by atoms with Crippen molar-refractivity contribution in [1.82, 2.24) is 0 Å². The fourth-order valence-electron chi connectivity index (χ4n) is 3.93. The van der Waals surface area contributed by atoms with Crippen LogP contribution in [0.15, 0.2) is 47.5 Å². The first kappa shape index (κ1) is 20.2. The molecule has 3 aliphatic rings. The Hall–Kier alpha value is -2.72. The van der Waals surface area contributed by atoms with Crippen LogP contribution in [0, 0.1) is 0 Å². The van der Waals surface area contributed by atoms with Crippen molar-refractivity contribution in [2.75, 3.05) is 36.7 Å². The van der Waals surface area contributed by atoms with E-state index in [1.54, 1.807) is 37.4 Å². The number of carbonyl (C=O) groups excluding carboxylic acids is 1. The highest BCUT2D eigenvalue weighted by atomic mass is 32.2. The second-order valence-electron chi connectivity index (χ2n) is 7.43. The minimum atomic E-state index is -3.15. The van der Waals surface area contributed by atoms with Gasteiger partial charge < -0.3 is 19.1 Å². The number of anilines is 1. The van der Waals surface area contributed by atoms with Crippen LogP contribution in [-0.2, 0) is 9.84 Å². The van der Waals surface area contributed by atoms with E-state index in [4.69, 9.17) is 14.2 Å². The van der Waals surface area contributed by atoms with Crippen molar-refractivity contribution in [2.45, 2.75) is 11.3 Å². The van der Waals surface area contributed by atoms with Crippen molar-refractivity contribution in [1.29, 1.82) is 0 Å².